The summed E-state index contributed by atoms with van der Waals surface area (Å²) in [5.74, 6) is -0.552. The molecule has 2 nitrogen and oxygen atoms in total. The van der Waals surface area contributed by atoms with Crippen molar-refractivity contribution in [2.75, 3.05) is 7.11 Å². The summed E-state index contributed by atoms with van der Waals surface area (Å²) in [6, 6.07) is 8.61. The van der Waals surface area contributed by atoms with E-state index < -0.39 is 12.1 Å². The standard InChI is InChI=1S/C11H11FO2/c1-14-11(13)8-7-10(12)9-5-3-2-4-6-9/h2-8,10H,1H3/b8-7+. The predicted molar refractivity (Wildman–Crippen MR) is 51.4 cm³/mol. The lowest BCUT2D eigenvalue weighted by Crippen LogP contribution is -1.95. The van der Waals surface area contributed by atoms with Crippen molar-refractivity contribution in [3.8, 4) is 0 Å². The van der Waals surface area contributed by atoms with E-state index in [1.165, 1.54) is 13.2 Å². The van der Waals surface area contributed by atoms with Crippen LogP contribution in [0.4, 0.5) is 4.39 Å². The lowest BCUT2D eigenvalue weighted by molar-refractivity contribution is -0.134. The number of ether oxygens (including phenoxy) is 1. The van der Waals surface area contributed by atoms with Gasteiger partial charge in [0.15, 0.2) is 0 Å². The number of hydrogen-bond acceptors (Lipinski definition) is 2. The van der Waals surface area contributed by atoms with Crippen molar-refractivity contribution in [2.45, 2.75) is 6.17 Å². The van der Waals surface area contributed by atoms with Gasteiger partial charge in [-0.05, 0) is 11.6 Å². The van der Waals surface area contributed by atoms with Crippen LogP contribution in [-0.4, -0.2) is 13.1 Å². The number of carbonyl (C=O) groups is 1. The summed E-state index contributed by atoms with van der Waals surface area (Å²) in [7, 11) is 1.25. The number of esters is 1. The third-order valence-corrected chi connectivity index (χ3v) is 1.72. The van der Waals surface area contributed by atoms with Gasteiger partial charge >= 0.3 is 5.97 Å². The van der Waals surface area contributed by atoms with E-state index >= 15 is 0 Å². The lowest BCUT2D eigenvalue weighted by atomic mass is 10.1. The first-order valence-electron chi connectivity index (χ1n) is 4.19. The fraction of sp³-hybridized carbons (Fsp3) is 0.182. The van der Waals surface area contributed by atoms with E-state index in [0.717, 1.165) is 6.08 Å². The second-order valence-electron chi connectivity index (χ2n) is 2.69. The molecule has 1 aromatic carbocycles. The molecule has 0 bridgehead atoms. The Balaban J connectivity index is 2.63. The van der Waals surface area contributed by atoms with Gasteiger partial charge in [0.2, 0.25) is 0 Å². The average Bonchev–Trinajstić information content (AvgIpc) is 2.26. The van der Waals surface area contributed by atoms with Crippen LogP contribution in [0.3, 0.4) is 0 Å². The first kappa shape index (κ1) is 10.4. The maximum Gasteiger partial charge on any atom is 0.330 e. The van der Waals surface area contributed by atoms with Crippen molar-refractivity contribution in [3.63, 3.8) is 0 Å². The second-order valence-corrected chi connectivity index (χ2v) is 2.69. The van der Waals surface area contributed by atoms with E-state index in [4.69, 9.17) is 0 Å². The third-order valence-electron chi connectivity index (χ3n) is 1.72. The molecule has 74 valence electrons. The Bertz CT molecular complexity index is 319. The number of alkyl halides is 1. The van der Waals surface area contributed by atoms with E-state index in [-0.39, 0.29) is 0 Å². The Labute approximate surface area is 82.0 Å². The molecule has 0 radical (unpaired) electrons. The average molecular weight is 194 g/mol. The highest BCUT2D eigenvalue weighted by atomic mass is 19.1. The van der Waals surface area contributed by atoms with Crippen LogP contribution in [0.25, 0.3) is 0 Å². The van der Waals surface area contributed by atoms with Crippen molar-refractivity contribution in [2.24, 2.45) is 0 Å². The molecule has 0 spiro atoms. The van der Waals surface area contributed by atoms with Gasteiger partial charge in [-0.3, -0.25) is 0 Å². The largest absolute Gasteiger partial charge is 0.466 e. The van der Waals surface area contributed by atoms with Crippen molar-refractivity contribution in [3.05, 3.63) is 48.0 Å². The summed E-state index contributed by atoms with van der Waals surface area (Å²) in [5.41, 5.74) is 0.521. The van der Waals surface area contributed by atoms with Crippen LogP contribution < -0.4 is 0 Å². The zero-order valence-corrected chi connectivity index (χ0v) is 7.81. The van der Waals surface area contributed by atoms with Crippen molar-refractivity contribution >= 4 is 5.97 Å². The predicted octanol–water partition coefficient (Wildman–Crippen LogP) is 2.43. The molecule has 0 N–H and O–H groups in total. The molecule has 0 fully saturated rings. The van der Waals surface area contributed by atoms with Crippen LogP contribution in [0, 0.1) is 0 Å². The molecule has 0 aliphatic carbocycles. The molecule has 0 aliphatic rings. The quantitative estimate of drug-likeness (QED) is 0.545. The van der Waals surface area contributed by atoms with Crippen molar-refractivity contribution in [1.29, 1.82) is 0 Å². The molecular formula is C11H11FO2. The summed E-state index contributed by atoms with van der Waals surface area (Å²) in [6.07, 6.45) is 0.981. The number of benzene rings is 1. The number of halogens is 1. The number of rotatable bonds is 3. The Morgan fingerprint density at radius 2 is 2.07 bits per heavy atom. The molecule has 0 aromatic heterocycles. The van der Waals surface area contributed by atoms with Gasteiger partial charge in [-0.1, -0.05) is 30.3 Å². The highest BCUT2D eigenvalue weighted by Crippen LogP contribution is 2.17. The summed E-state index contributed by atoms with van der Waals surface area (Å²) in [4.78, 5) is 10.7. The van der Waals surface area contributed by atoms with E-state index in [0.29, 0.717) is 5.56 Å². The fourth-order valence-electron chi connectivity index (χ4n) is 0.979. The van der Waals surface area contributed by atoms with Crippen LogP contribution in [0.15, 0.2) is 42.5 Å². The molecule has 1 unspecified atom stereocenters. The number of hydrogen-bond donors (Lipinski definition) is 0. The minimum Gasteiger partial charge on any atom is -0.466 e. The lowest BCUT2D eigenvalue weighted by Gasteiger charge is -2.01. The topological polar surface area (TPSA) is 26.3 Å². The van der Waals surface area contributed by atoms with Crippen LogP contribution >= 0.6 is 0 Å². The summed E-state index contributed by atoms with van der Waals surface area (Å²) in [5, 5.41) is 0. The van der Waals surface area contributed by atoms with Crippen LogP contribution in [0.2, 0.25) is 0 Å². The maximum atomic E-state index is 13.3. The molecule has 1 atom stereocenters. The van der Waals surface area contributed by atoms with Gasteiger partial charge in [0.1, 0.15) is 6.17 Å². The molecule has 0 amide bonds. The summed E-state index contributed by atoms with van der Waals surface area (Å²) >= 11 is 0. The Morgan fingerprint density at radius 3 is 2.64 bits per heavy atom. The van der Waals surface area contributed by atoms with Crippen LogP contribution in [-0.2, 0) is 9.53 Å². The van der Waals surface area contributed by atoms with E-state index in [1.54, 1.807) is 30.3 Å². The van der Waals surface area contributed by atoms with Gasteiger partial charge in [0, 0.05) is 6.08 Å². The fourth-order valence-corrected chi connectivity index (χ4v) is 0.979. The molecule has 3 heteroatoms. The minimum absolute atomic E-state index is 0.521. The minimum atomic E-state index is -1.27. The maximum absolute atomic E-state index is 13.3. The highest BCUT2D eigenvalue weighted by Gasteiger charge is 2.04. The molecule has 1 aromatic rings. The summed E-state index contributed by atoms with van der Waals surface area (Å²) < 4.78 is 17.7. The molecule has 1 rings (SSSR count). The number of methoxy groups -OCH3 is 1. The van der Waals surface area contributed by atoms with Gasteiger partial charge in [-0.2, -0.15) is 0 Å². The Kier molecular flexibility index (Phi) is 3.85. The Morgan fingerprint density at radius 1 is 1.43 bits per heavy atom. The van der Waals surface area contributed by atoms with Gasteiger partial charge in [0.05, 0.1) is 7.11 Å². The normalized spacial score (nSPS) is 12.7. The number of allylic oxidation sites excluding steroid dienone is 1. The Hall–Kier alpha value is -1.64. The first-order valence-corrected chi connectivity index (χ1v) is 4.19. The molecule has 0 heterocycles. The second kappa shape index (κ2) is 5.17. The van der Waals surface area contributed by atoms with Gasteiger partial charge in [-0.15, -0.1) is 0 Å². The van der Waals surface area contributed by atoms with E-state index in [9.17, 15) is 9.18 Å². The molecule has 0 saturated heterocycles. The SMILES string of the molecule is COC(=O)/C=C/C(F)c1ccccc1. The molecule has 14 heavy (non-hydrogen) atoms. The third kappa shape index (κ3) is 3.01. The zero-order chi connectivity index (χ0) is 10.4. The van der Waals surface area contributed by atoms with Gasteiger partial charge < -0.3 is 4.74 Å². The van der Waals surface area contributed by atoms with Crippen molar-refractivity contribution in [1.82, 2.24) is 0 Å². The highest BCUT2D eigenvalue weighted by molar-refractivity contribution is 5.81. The monoisotopic (exact) mass is 194 g/mol. The number of carbonyl (C=O) groups excluding carboxylic acids is 1. The van der Waals surface area contributed by atoms with Gasteiger partial charge in [-0.25, -0.2) is 9.18 Å². The molecule has 0 aliphatic heterocycles. The van der Waals surface area contributed by atoms with Crippen molar-refractivity contribution < 1.29 is 13.9 Å². The van der Waals surface area contributed by atoms with E-state index in [1.807, 2.05) is 0 Å². The zero-order valence-electron chi connectivity index (χ0n) is 7.81. The molecule has 0 saturated carbocycles. The first-order chi connectivity index (χ1) is 6.74. The van der Waals surface area contributed by atoms with Crippen LogP contribution in [0.1, 0.15) is 11.7 Å². The van der Waals surface area contributed by atoms with Gasteiger partial charge in [0.25, 0.3) is 0 Å². The molecular weight excluding hydrogens is 183 g/mol. The van der Waals surface area contributed by atoms with E-state index in [2.05, 4.69) is 4.74 Å². The summed E-state index contributed by atoms with van der Waals surface area (Å²) in [6.45, 7) is 0. The smallest absolute Gasteiger partial charge is 0.330 e. The van der Waals surface area contributed by atoms with Crippen LogP contribution in [0.5, 0.6) is 0 Å².